The molecule has 0 spiro atoms. The summed E-state index contributed by atoms with van der Waals surface area (Å²) < 4.78 is 5.84. The van der Waals surface area contributed by atoms with Gasteiger partial charge in [-0.25, -0.2) is 4.98 Å². The van der Waals surface area contributed by atoms with Crippen molar-refractivity contribution in [1.29, 1.82) is 0 Å². The number of azide groups is 1. The number of pyridine rings is 2. The van der Waals surface area contributed by atoms with Crippen molar-refractivity contribution in [2.45, 2.75) is 20.3 Å². The molecule has 0 aliphatic rings. The van der Waals surface area contributed by atoms with Crippen molar-refractivity contribution < 1.29 is 9.84 Å². The summed E-state index contributed by atoms with van der Waals surface area (Å²) in [5.74, 6) is 6.98. The van der Waals surface area contributed by atoms with E-state index in [1.165, 1.54) is 6.07 Å². The number of hydrogen-bond acceptors (Lipinski definition) is 6. The largest absolute Gasteiger partial charge is 0.507 e. The zero-order valence-electron chi connectivity index (χ0n) is 23.8. The van der Waals surface area contributed by atoms with Crippen LogP contribution < -0.4 is 4.74 Å². The average molecular weight is 547 g/mol. The summed E-state index contributed by atoms with van der Waals surface area (Å²) in [7, 11) is 4.12. The molecule has 0 saturated heterocycles. The van der Waals surface area contributed by atoms with E-state index in [1.54, 1.807) is 12.1 Å². The molecule has 0 bridgehead atoms. The van der Waals surface area contributed by atoms with Crippen LogP contribution in [0.5, 0.6) is 11.5 Å². The summed E-state index contributed by atoms with van der Waals surface area (Å²) in [5.41, 5.74) is 13.8. The number of nitrogens with zero attached hydrogens (tertiary/aromatic N) is 6. The molecule has 4 rings (SSSR count). The van der Waals surface area contributed by atoms with Gasteiger partial charge in [-0.3, -0.25) is 4.98 Å². The Balaban J connectivity index is 0.000000228. The van der Waals surface area contributed by atoms with Crippen molar-refractivity contribution in [1.82, 2.24) is 14.9 Å². The maximum absolute atomic E-state index is 9.49. The third-order valence-corrected chi connectivity index (χ3v) is 5.61. The molecule has 2 heterocycles. The summed E-state index contributed by atoms with van der Waals surface area (Å²) in [6, 6.07) is 24.4. The second-order valence-electron chi connectivity index (χ2n) is 9.40. The first-order valence-corrected chi connectivity index (χ1v) is 13.2. The predicted octanol–water partition coefficient (Wildman–Crippen LogP) is 7.33. The molecule has 8 heteroatoms. The molecule has 0 saturated carbocycles. The highest BCUT2D eigenvalue weighted by atomic mass is 16.5. The van der Waals surface area contributed by atoms with Gasteiger partial charge in [0, 0.05) is 28.4 Å². The molecule has 0 aliphatic carbocycles. The quantitative estimate of drug-likeness (QED) is 0.0818. The molecule has 0 unspecified atom stereocenters. The second-order valence-corrected chi connectivity index (χ2v) is 9.40. The van der Waals surface area contributed by atoms with Gasteiger partial charge >= 0.3 is 0 Å². The highest BCUT2D eigenvalue weighted by Crippen LogP contribution is 2.28. The third-order valence-electron chi connectivity index (χ3n) is 5.61. The van der Waals surface area contributed by atoms with Crippen molar-refractivity contribution in [3.05, 3.63) is 123 Å². The zero-order valence-corrected chi connectivity index (χ0v) is 23.8. The molecular weight excluding hydrogens is 512 g/mol. The summed E-state index contributed by atoms with van der Waals surface area (Å²) in [5, 5.41) is 12.9. The van der Waals surface area contributed by atoms with Crippen LogP contribution in [0.4, 0.5) is 5.69 Å². The van der Waals surface area contributed by atoms with Gasteiger partial charge in [-0.15, -0.1) is 0 Å². The number of phenolic OH excluding ortho intramolecular Hbond substituents is 1. The maximum atomic E-state index is 9.49. The van der Waals surface area contributed by atoms with E-state index in [4.69, 9.17) is 10.3 Å². The number of aryl methyl sites for hydroxylation is 2. The molecule has 208 valence electrons. The average Bonchev–Trinajstić information content (AvgIpc) is 2.96. The Morgan fingerprint density at radius 2 is 1.71 bits per heavy atom. The number of phenols is 1. The lowest BCUT2D eigenvalue weighted by atomic mass is 10.1. The lowest BCUT2D eigenvalue weighted by Gasteiger charge is -2.11. The third kappa shape index (κ3) is 10.9. The molecule has 2 aromatic carbocycles. The summed E-state index contributed by atoms with van der Waals surface area (Å²) in [6.07, 6.45) is 4.68. The van der Waals surface area contributed by atoms with E-state index in [1.807, 2.05) is 86.7 Å². The minimum absolute atomic E-state index is 0.0383. The Labute approximate surface area is 241 Å². The van der Waals surface area contributed by atoms with Gasteiger partial charge in [-0.05, 0) is 106 Å². The Bertz CT molecular complexity index is 1570. The normalized spacial score (nSPS) is 10.3. The first-order valence-electron chi connectivity index (χ1n) is 13.2. The second kappa shape index (κ2) is 16.1. The van der Waals surface area contributed by atoms with Crippen LogP contribution in [0.2, 0.25) is 0 Å². The van der Waals surface area contributed by atoms with E-state index in [0.717, 1.165) is 46.9 Å². The molecule has 0 atom stereocenters. The Kier molecular flexibility index (Phi) is 12.0. The van der Waals surface area contributed by atoms with Gasteiger partial charge in [0.05, 0.1) is 18.0 Å². The number of rotatable bonds is 8. The van der Waals surface area contributed by atoms with Crippen molar-refractivity contribution in [3.63, 3.8) is 0 Å². The van der Waals surface area contributed by atoms with E-state index < -0.39 is 0 Å². The predicted molar refractivity (Wildman–Crippen MR) is 165 cm³/mol. The number of ether oxygens (including phenoxy) is 1. The molecular formula is C33H34N6O2. The standard InChI is InChI=1S/C19H22N2O.C14H12N4O/c1-16-10-13-19(22-15-7-14-21(2)3)18(20-16)12-11-17-8-5-4-6-9-17;1-10-3-2-4-12(16-10)7-5-11-6-8-14(19)13(9-11)17-18-15/h4-6,8-10,13H,7,14-15H2,1-3H3;2-9,19H,1H3. The molecule has 0 amide bonds. The molecule has 41 heavy (non-hydrogen) atoms. The van der Waals surface area contributed by atoms with E-state index in [2.05, 4.69) is 50.8 Å². The molecule has 0 radical (unpaired) electrons. The van der Waals surface area contributed by atoms with Crippen LogP contribution in [0, 0.1) is 25.7 Å². The van der Waals surface area contributed by atoms with E-state index in [0.29, 0.717) is 12.3 Å². The summed E-state index contributed by atoms with van der Waals surface area (Å²) in [6.45, 7) is 5.56. The van der Waals surface area contributed by atoms with Gasteiger partial charge in [0.25, 0.3) is 0 Å². The summed E-state index contributed by atoms with van der Waals surface area (Å²) in [4.78, 5) is 13.7. The fourth-order valence-corrected chi connectivity index (χ4v) is 3.58. The topological polar surface area (TPSA) is 107 Å². The lowest BCUT2D eigenvalue weighted by molar-refractivity contribution is 0.280. The smallest absolute Gasteiger partial charge is 0.155 e. The molecule has 4 aromatic rings. The van der Waals surface area contributed by atoms with Gasteiger partial charge in [-0.2, -0.15) is 0 Å². The van der Waals surface area contributed by atoms with Crippen LogP contribution >= 0.6 is 0 Å². The number of aromatic nitrogens is 2. The first-order chi connectivity index (χ1) is 19.8. The van der Waals surface area contributed by atoms with Crippen molar-refractivity contribution in [2.24, 2.45) is 5.11 Å². The minimum Gasteiger partial charge on any atom is -0.507 e. The van der Waals surface area contributed by atoms with Gasteiger partial charge in [0.15, 0.2) is 11.4 Å². The van der Waals surface area contributed by atoms with Gasteiger partial charge < -0.3 is 14.7 Å². The molecule has 2 aromatic heterocycles. The fraction of sp³-hybridized carbons (Fsp3) is 0.212. The van der Waals surface area contributed by atoms with Gasteiger partial charge in [-0.1, -0.05) is 47.4 Å². The maximum Gasteiger partial charge on any atom is 0.155 e. The van der Waals surface area contributed by atoms with Crippen molar-refractivity contribution in [3.8, 4) is 23.3 Å². The van der Waals surface area contributed by atoms with Gasteiger partial charge in [0.1, 0.15) is 5.75 Å². The minimum atomic E-state index is -0.0383. The number of aromatic hydroxyl groups is 1. The van der Waals surface area contributed by atoms with Crippen molar-refractivity contribution >= 4 is 17.8 Å². The highest BCUT2D eigenvalue weighted by molar-refractivity contribution is 5.71. The Morgan fingerprint density at radius 1 is 0.927 bits per heavy atom. The van der Waals surface area contributed by atoms with Gasteiger partial charge in [0.2, 0.25) is 0 Å². The first kappa shape index (κ1) is 30.5. The Hall–Kier alpha value is -5.09. The summed E-state index contributed by atoms with van der Waals surface area (Å²) >= 11 is 0. The number of benzene rings is 2. The van der Waals surface area contributed by atoms with E-state index in [-0.39, 0.29) is 11.4 Å². The molecule has 0 aliphatic heterocycles. The number of hydrogen-bond donors (Lipinski definition) is 1. The SMILES string of the molecule is Cc1ccc(OCCCN(C)C)c(C#Cc2ccccc2)n1.Cc1cccc(C=Cc2ccc(O)c(N=[N+]=[N-])c2)n1. The highest BCUT2D eigenvalue weighted by Gasteiger charge is 2.04. The van der Waals surface area contributed by atoms with Crippen LogP contribution in [-0.4, -0.2) is 47.2 Å². The van der Waals surface area contributed by atoms with E-state index >= 15 is 0 Å². The van der Waals surface area contributed by atoms with Crippen LogP contribution in [0.15, 0.2) is 84.0 Å². The van der Waals surface area contributed by atoms with Crippen LogP contribution in [0.25, 0.3) is 22.6 Å². The Morgan fingerprint density at radius 3 is 2.44 bits per heavy atom. The molecule has 1 N–H and O–H groups in total. The van der Waals surface area contributed by atoms with Crippen molar-refractivity contribution in [2.75, 3.05) is 27.2 Å². The van der Waals surface area contributed by atoms with E-state index in [9.17, 15) is 5.11 Å². The zero-order chi connectivity index (χ0) is 29.5. The monoisotopic (exact) mass is 546 g/mol. The molecule has 0 fully saturated rings. The lowest BCUT2D eigenvalue weighted by Crippen LogP contribution is -2.15. The van der Waals surface area contributed by atoms with Crippen LogP contribution in [0.1, 0.15) is 40.3 Å². The fourth-order valence-electron chi connectivity index (χ4n) is 3.58. The molecule has 8 nitrogen and oxygen atoms in total. The van der Waals surface area contributed by atoms with Crippen LogP contribution in [0.3, 0.4) is 0 Å². The van der Waals surface area contributed by atoms with Crippen LogP contribution in [-0.2, 0) is 0 Å².